The number of nitrogens with zero attached hydrogens (tertiary/aromatic N) is 1. The molecule has 2 saturated heterocycles. The van der Waals surface area contributed by atoms with Gasteiger partial charge in [-0.05, 0) is 138 Å². The Hall–Kier alpha value is -6.02. The van der Waals surface area contributed by atoms with E-state index in [9.17, 15) is 9.59 Å². The number of carbonyl (C=O) groups excluding carboxylic acids is 2. The van der Waals surface area contributed by atoms with Crippen molar-refractivity contribution >= 4 is 29.0 Å². The Balaban J connectivity index is 1.00. The van der Waals surface area contributed by atoms with Crippen LogP contribution < -0.4 is 4.90 Å². The van der Waals surface area contributed by atoms with Crippen LogP contribution in [-0.4, -0.2) is 50.6 Å². The normalized spacial score (nSPS) is 15.9. The summed E-state index contributed by atoms with van der Waals surface area (Å²) in [7, 11) is 0. The Kier molecular flexibility index (Phi) is 12.6. The number of rotatable bonds is 17. The summed E-state index contributed by atoms with van der Waals surface area (Å²) in [5, 5.41) is 0. The molecule has 0 N–H and O–H groups in total. The van der Waals surface area contributed by atoms with Crippen molar-refractivity contribution in [3.8, 4) is 11.1 Å². The van der Waals surface area contributed by atoms with Crippen LogP contribution >= 0.6 is 0 Å². The van der Waals surface area contributed by atoms with Crippen molar-refractivity contribution in [2.45, 2.75) is 71.5 Å². The molecule has 6 aromatic rings. The minimum atomic E-state index is -0.193. The molecule has 60 heavy (non-hydrogen) atoms. The quantitative estimate of drug-likeness (QED) is 0.0516. The largest absolute Gasteiger partial charge is 0.463 e. The van der Waals surface area contributed by atoms with Gasteiger partial charge in [0, 0.05) is 35.8 Å². The Labute approximate surface area is 353 Å². The number of hydrogen-bond acceptors (Lipinski definition) is 7. The third kappa shape index (κ3) is 10.4. The van der Waals surface area contributed by atoms with Crippen molar-refractivity contribution in [1.29, 1.82) is 0 Å². The Morgan fingerprint density at radius 3 is 1.40 bits per heavy atom. The van der Waals surface area contributed by atoms with Gasteiger partial charge in [0.05, 0.1) is 13.2 Å². The fourth-order valence-corrected chi connectivity index (χ4v) is 7.53. The summed E-state index contributed by atoms with van der Waals surface area (Å²) in [6, 6.07) is 48.2. The van der Waals surface area contributed by atoms with Gasteiger partial charge in [0.15, 0.2) is 0 Å². The first kappa shape index (κ1) is 40.7. The second-order valence-electron chi connectivity index (χ2n) is 16.2. The summed E-state index contributed by atoms with van der Waals surface area (Å²) < 4.78 is 21.0. The third-order valence-corrected chi connectivity index (χ3v) is 11.7. The lowest BCUT2D eigenvalue weighted by atomic mass is 9.83. The van der Waals surface area contributed by atoms with Crippen molar-refractivity contribution < 1.29 is 28.5 Å². The highest BCUT2D eigenvalue weighted by molar-refractivity contribution is 5.79. The number of benzene rings is 6. The second-order valence-corrected chi connectivity index (χ2v) is 16.2. The molecule has 2 fully saturated rings. The van der Waals surface area contributed by atoms with Crippen LogP contribution in [0.3, 0.4) is 0 Å². The highest BCUT2D eigenvalue weighted by atomic mass is 16.6. The monoisotopic (exact) mass is 799 g/mol. The molecule has 306 valence electrons. The van der Waals surface area contributed by atoms with Crippen LogP contribution in [0.1, 0.15) is 68.8 Å². The van der Waals surface area contributed by atoms with E-state index in [4.69, 9.17) is 18.9 Å². The molecule has 2 heterocycles. The molecular weight excluding hydrogens is 747 g/mol. The third-order valence-electron chi connectivity index (χ3n) is 11.7. The number of carbonyl (C=O) groups is 2. The molecule has 0 bridgehead atoms. The molecule has 0 aliphatic carbocycles. The lowest BCUT2D eigenvalue weighted by molar-refractivity contribution is -0.144. The van der Waals surface area contributed by atoms with E-state index >= 15 is 0 Å². The predicted octanol–water partition coefficient (Wildman–Crippen LogP) is 11.0. The van der Waals surface area contributed by atoms with Crippen LogP contribution in [0.25, 0.3) is 11.1 Å². The molecular formula is C53H53NO6. The van der Waals surface area contributed by atoms with Gasteiger partial charge in [-0.3, -0.25) is 9.59 Å². The summed E-state index contributed by atoms with van der Waals surface area (Å²) in [6.07, 6.45) is 2.10. The van der Waals surface area contributed by atoms with Crippen LogP contribution in [0.4, 0.5) is 17.1 Å². The van der Waals surface area contributed by atoms with Gasteiger partial charge in [-0.1, -0.05) is 97.1 Å². The van der Waals surface area contributed by atoms with Crippen LogP contribution in [0, 0.1) is 27.7 Å². The van der Waals surface area contributed by atoms with Gasteiger partial charge >= 0.3 is 11.9 Å². The number of anilines is 3. The molecule has 0 spiro atoms. The average molecular weight is 800 g/mol. The van der Waals surface area contributed by atoms with Crippen LogP contribution in [0.2, 0.25) is 0 Å². The van der Waals surface area contributed by atoms with Crippen molar-refractivity contribution in [2.75, 3.05) is 31.3 Å². The topological polar surface area (TPSA) is 80.9 Å². The van der Waals surface area contributed by atoms with E-state index in [1.807, 2.05) is 0 Å². The molecule has 3 unspecified atom stereocenters. The van der Waals surface area contributed by atoms with Crippen LogP contribution in [-0.2, 0) is 41.4 Å². The van der Waals surface area contributed by atoms with E-state index in [1.165, 1.54) is 38.9 Å². The molecule has 7 nitrogen and oxygen atoms in total. The van der Waals surface area contributed by atoms with Crippen molar-refractivity contribution in [3.63, 3.8) is 0 Å². The zero-order chi connectivity index (χ0) is 41.6. The van der Waals surface area contributed by atoms with Gasteiger partial charge in [0.25, 0.3) is 0 Å². The molecule has 6 aromatic carbocycles. The first-order valence-electron chi connectivity index (χ1n) is 21.0. The van der Waals surface area contributed by atoms with E-state index in [2.05, 4.69) is 166 Å². The number of epoxide rings is 2. The Morgan fingerprint density at radius 1 is 0.517 bits per heavy atom. The fraction of sp³-hybridized carbons (Fsp3) is 0.283. The summed E-state index contributed by atoms with van der Waals surface area (Å²) in [5.41, 5.74) is 16.3. The van der Waals surface area contributed by atoms with Crippen LogP contribution in [0.5, 0.6) is 0 Å². The highest BCUT2D eigenvalue weighted by Gasteiger charge is 2.25. The molecule has 2 aliphatic rings. The maximum atomic E-state index is 12.2. The first-order chi connectivity index (χ1) is 29.2. The molecule has 0 saturated carbocycles. The van der Waals surface area contributed by atoms with Gasteiger partial charge in [-0.25, -0.2) is 0 Å². The molecule has 0 radical (unpaired) electrons. The first-order valence-corrected chi connectivity index (χ1v) is 21.0. The van der Waals surface area contributed by atoms with E-state index < -0.39 is 0 Å². The number of esters is 2. The van der Waals surface area contributed by atoms with E-state index in [-0.39, 0.29) is 30.1 Å². The van der Waals surface area contributed by atoms with Crippen LogP contribution in [0.15, 0.2) is 133 Å². The van der Waals surface area contributed by atoms with E-state index in [0.717, 1.165) is 39.3 Å². The SMILES string of the molecule is Cc1ccc(C(c2ccc(CCC(=O)OCC3CO3)cc2)c2ccc(-c3ccc(N(c4ccc(CCC(=O)OCC5CO5)cc4)c4ccc(C)c(C)c4)cc3)cc2)cc1C. The summed E-state index contributed by atoms with van der Waals surface area (Å²) in [4.78, 5) is 26.8. The lowest BCUT2D eigenvalue weighted by Crippen LogP contribution is -2.11. The smallest absolute Gasteiger partial charge is 0.306 e. The van der Waals surface area contributed by atoms with Gasteiger partial charge in [0.2, 0.25) is 0 Å². The van der Waals surface area contributed by atoms with Gasteiger partial charge in [-0.15, -0.1) is 0 Å². The molecule has 2 aliphatic heterocycles. The standard InChI is InChI=1S/C53H53NO6/c1-35-5-13-45(29-37(35)3)53(43-14-7-39(8-15-43)11-27-51(55)59-33-49-31-57-49)44-18-16-41(17-19-44)42-20-25-47(26-21-42)54(48-22-6-36(2)38(4)30-48)46-23-9-40(10-24-46)12-28-52(56)60-34-50-32-58-50/h5-10,13-26,29-30,49-50,53H,11-12,27-28,31-34H2,1-4H3. The fourth-order valence-electron chi connectivity index (χ4n) is 7.53. The van der Waals surface area contributed by atoms with Gasteiger partial charge in [-0.2, -0.15) is 0 Å². The maximum absolute atomic E-state index is 12.2. The summed E-state index contributed by atoms with van der Waals surface area (Å²) >= 11 is 0. The minimum Gasteiger partial charge on any atom is -0.463 e. The summed E-state index contributed by atoms with van der Waals surface area (Å²) in [6.45, 7) is 10.7. The number of hydrogen-bond donors (Lipinski definition) is 0. The average Bonchev–Trinajstić information content (AvgIpc) is 4.22. The number of aryl methyl sites for hydroxylation is 6. The molecule has 0 amide bonds. The summed E-state index contributed by atoms with van der Waals surface area (Å²) in [5.74, 6) is -0.330. The molecule has 3 atom stereocenters. The Bertz CT molecular complexity index is 2240. The highest BCUT2D eigenvalue weighted by Crippen LogP contribution is 2.38. The van der Waals surface area contributed by atoms with E-state index in [1.54, 1.807) is 0 Å². The van der Waals surface area contributed by atoms with Crippen molar-refractivity contribution in [3.05, 3.63) is 184 Å². The minimum absolute atomic E-state index is 0.0486. The second kappa shape index (κ2) is 18.5. The van der Waals surface area contributed by atoms with Crippen molar-refractivity contribution in [1.82, 2.24) is 0 Å². The van der Waals surface area contributed by atoms with Gasteiger partial charge in [0.1, 0.15) is 25.4 Å². The molecule has 8 rings (SSSR count). The van der Waals surface area contributed by atoms with E-state index in [0.29, 0.717) is 52.1 Å². The van der Waals surface area contributed by atoms with Crippen molar-refractivity contribution in [2.24, 2.45) is 0 Å². The predicted molar refractivity (Wildman–Crippen MR) is 237 cm³/mol. The zero-order valence-corrected chi connectivity index (χ0v) is 35.0. The molecule has 7 heteroatoms. The maximum Gasteiger partial charge on any atom is 0.306 e. The number of ether oxygens (including phenoxy) is 4. The van der Waals surface area contributed by atoms with Gasteiger partial charge < -0.3 is 23.8 Å². The lowest BCUT2D eigenvalue weighted by Gasteiger charge is -2.26. The molecule has 0 aromatic heterocycles. The zero-order valence-electron chi connectivity index (χ0n) is 35.0. The Morgan fingerprint density at radius 2 is 0.917 bits per heavy atom.